The normalized spacial score (nSPS) is 16.6. The molecular weight excluding hydrogens is 234 g/mol. The molecule has 1 aromatic rings. The highest BCUT2D eigenvalue weighted by atomic mass is 15.2. The molecule has 0 saturated heterocycles. The molecule has 3 nitrogen and oxygen atoms in total. The van der Waals surface area contributed by atoms with Gasteiger partial charge in [0.1, 0.15) is 5.82 Å². The van der Waals surface area contributed by atoms with E-state index in [1.807, 2.05) is 6.20 Å². The van der Waals surface area contributed by atoms with Gasteiger partial charge in [-0.1, -0.05) is 25.3 Å². The molecule has 0 bridgehead atoms. The van der Waals surface area contributed by atoms with Gasteiger partial charge in [-0.2, -0.15) is 0 Å². The van der Waals surface area contributed by atoms with Crippen LogP contribution in [0.15, 0.2) is 12.3 Å². The predicted molar refractivity (Wildman–Crippen MR) is 81.6 cm³/mol. The molecule has 3 heteroatoms. The molecule has 0 unspecified atom stereocenters. The first-order valence-electron chi connectivity index (χ1n) is 7.68. The van der Waals surface area contributed by atoms with E-state index in [0.29, 0.717) is 12.6 Å². The lowest BCUT2D eigenvalue weighted by atomic mass is 9.94. The Labute approximate surface area is 117 Å². The number of aromatic nitrogens is 1. The Morgan fingerprint density at radius 3 is 2.63 bits per heavy atom. The van der Waals surface area contributed by atoms with E-state index in [2.05, 4.69) is 24.8 Å². The molecule has 106 valence electrons. The van der Waals surface area contributed by atoms with Gasteiger partial charge in [0.05, 0.1) is 0 Å². The molecule has 1 saturated carbocycles. The van der Waals surface area contributed by atoms with Crippen molar-refractivity contribution in [1.29, 1.82) is 0 Å². The van der Waals surface area contributed by atoms with Gasteiger partial charge in [-0.15, -0.1) is 0 Å². The maximum atomic E-state index is 5.61. The maximum absolute atomic E-state index is 5.61. The van der Waals surface area contributed by atoms with Gasteiger partial charge >= 0.3 is 0 Å². The van der Waals surface area contributed by atoms with E-state index in [4.69, 9.17) is 10.7 Å². The van der Waals surface area contributed by atoms with Crippen LogP contribution in [0.1, 0.15) is 50.2 Å². The molecule has 2 N–H and O–H groups in total. The summed E-state index contributed by atoms with van der Waals surface area (Å²) in [5.41, 5.74) is 8.16. The van der Waals surface area contributed by atoms with Crippen molar-refractivity contribution in [2.75, 3.05) is 18.0 Å². The molecule has 1 aliphatic rings. The molecular formula is C16H27N3. The summed E-state index contributed by atoms with van der Waals surface area (Å²) in [5, 5.41) is 0. The first-order chi connectivity index (χ1) is 9.26. The number of hydrogen-bond donors (Lipinski definition) is 1. The molecule has 0 radical (unpaired) electrons. The summed E-state index contributed by atoms with van der Waals surface area (Å²) in [7, 11) is 0. The van der Waals surface area contributed by atoms with Gasteiger partial charge in [0.2, 0.25) is 0 Å². The zero-order valence-electron chi connectivity index (χ0n) is 12.4. The Kier molecular flexibility index (Phi) is 5.20. The van der Waals surface area contributed by atoms with Gasteiger partial charge in [-0.3, -0.25) is 0 Å². The van der Waals surface area contributed by atoms with Gasteiger partial charge in [0, 0.05) is 18.8 Å². The molecule has 0 aromatic carbocycles. The van der Waals surface area contributed by atoms with Crippen molar-refractivity contribution in [3.63, 3.8) is 0 Å². The average molecular weight is 261 g/mol. The average Bonchev–Trinajstić information content (AvgIpc) is 2.43. The SMILES string of the molecule is CCN(c1ncc(CCN)cc1C)C1CCCCC1. The van der Waals surface area contributed by atoms with E-state index in [1.54, 1.807) is 0 Å². The van der Waals surface area contributed by atoms with Crippen LogP contribution in [0.25, 0.3) is 0 Å². The summed E-state index contributed by atoms with van der Waals surface area (Å²) in [6.45, 7) is 6.16. The second kappa shape index (κ2) is 6.90. The number of aryl methyl sites for hydroxylation is 1. The van der Waals surface area contributed by atoms with Gasteiger partial charge in [0.25, 0.3) is 0 Å². The number of nitrogens with zero attached hydrogens (tertiary/aromatic N) is 2. The molecule has 1 aliphatic carbocycles. The molecule has 0 atom stereocenters. The van der Waals surface area contributed by atoms with Crippen molar-refractivity contribution in [3.05, 3.63) is 23.4 Å². The molecule has 0 spiro atoms. The van der Waals surface area contributed by atoms with Crippen LogP contribution in [0.4, 0.5) is 5.82 Å². The van der Waals surface area contributed by atoms with E-state index < -0.39 is 0 Å². The van der Waals surface area contributed by atoms with Crippen molar-refractivity contribution in [2.45, 2.75) is 58.4 Å². The fourth-order valence-corrected chi connectivity index (χ4v) is 3.20. The van der Waals surface area contributed by atoms with Crippen molar-refractivity contribution >= 4 is 5.82 Å². The van der Waals surface area contributed by atoms with Gasteiger partial charge < -0.3 is 10.6 Å². The standard InChI is InChI=1S/C16H27N3/c1-3-19(15-7-5-4-6-8-15)16-13(2)11-14(9-10-17)12-18-16/h11-12,15H,3-10,17H2,1-2H3. The van der Waals surface area contributed by atoms with Crippen LogP contribution in [0.5, 0.6) is 0 Å². The van der Waals surface area contributed by atoms with E-state index in [0.717, 1.165) is 13.0 Å². The summed E-state index contributed by atoms with van der Waals surface area (Å²) in [4.78, 5) is 7.21. The highest BCUT2D eigenvalue weighted by molar-refractivity contribution is 5.48. The van der Waals surface area contributed by atoms with Crippen molar-refractivity contribution in [1.82, 2.24) is 4.98 Å². The van der Waals surface area contributed by atoms with E-state index >= 15 is 0 Å². The summed E-state index contributed by atoms with van der Waals surface area (Å²) in [6, 6.07) is 2.94. The van der Waals surface area contributed by atoms with Crippen LogP contribution < -0.4 is 10.6 Å². The van der Waals surface area contributed by atoms with Crippen molar-refractivity contribution < 1.29 is 0 Å². The Morgan fingerprint density at radius 1 is 1.32 bits per heavy atom. The number of nitrogens with two attached hydrogens (primary N) is 1. The van der Waals surface area contributed by atoms with Gasteiger partial charge in [0.15, 0.2) is 0 Å². The molecule has 1 fully saturated rings. The van der Waals surface area contributed by atoms with Crippen molar-refractivity contribution in [3.8, 4) is 0 Å². The Hall–Kier alpha value is -1.09. The van der Waals surface area contributed by atoms with E-state index in [1.165, 1.54) is 49.0 Å². The summed E-state index contributed by atoms with van der Waals surface area (Å²) in [5.74, 6) is 1.18. The first kappa shape index (κ1) is 14.3. The van der Waals surface area contributed by atoms with Crippen LogP contribution in [0.2, 0.25) is 0 Å². The lowest BCUT2D eigenvalue weighted by Crippen LogP contribution is -2.37. The predicted octanol–water partition coefficient (Wildman–Crippen LogP) is 3.05. The second-order valence-corrected chi connectivity index (χ2v) is 5.60. The molecule has 1 heterocycles. The number of anilines is 1. The van der Waals surface area contributed by atoms with Crippen LogP contribution in [0.3, 0.4) is 0 Å². The zero-order chi connectivity index (χ0) is 13.7. The van der Waals surface area contributed by atoms with E-state index in [9.17, 15) is 0 Å². The van der Waals surface area contributed by atoms with Crippen LogP contribution in [-0.2, 0) is 6.42 Å². The molecule has 1 aromatic heterocycles. The quantitative estimate of drug-likeness (QED) is 0.886. The summed E-state index contributed by atoms with van der Waals surface area (Å²) >= 11 is 0. The minimum atomic E-state index is 0.685. The fourth-order valence-electron chi connectivity index (χ4n) is 3.20. The summed E-state index contributed by atoms with van der Waals surface area (Å²) in [6.07, 6.45) is 9.69. The van der Waals surface area contributed by atoms with Crippen LogP contribution in [0, 0.1) is 6.92 Å². The highest BCUT2D eigenvalue weighted by Crippen LogP contribution is 2.28. The Morgan fingerprint density at radius 2 is 2.05 bits per heavy atom. The smallest absolute Gasteiger partial charge is 0.131 e. The lowest BCUT2D eigenvalue weighted by Gasteiger charge is -2.35. The van der Waals surface area contributed by atoms with Crippen molar-refractivity contribution in [2.24, 2.45) is 5.73 Å². The van der Waals surface area contributed by atoms with Crippen LogP contribution in [-0.4, -0.2) is 24.1 Å². The maximum Gasteiger partial charge on any atom is 0.131 e. The molecule has 0 aliphatic heterocycles. The fraction of sp³-hybridized carbons (Fsp3) is 0.688. The second-order valence-electron chi connectivity index (χ2n) is 5.60. The molecule has 0 amide bonds. The number of hydrogen-bond acceptors (Lipinski definition) is 3. The monoisotopic (exact) mass is 261 g/mol. The number of rotatable bonds is 5. The first-order valence-corrected chi connectivity index (χ1v) is 7.68. The minimum Gasteiger partial charge on any atom is -0.354 e. The van der Waals surface area contributed by atoms with Gasteiger partial charge in [-0.25, -0.2) is 4.98 Å². The zero-order valence-corrected chi connectivity index (χ0v) is 12.4. The van der Waals surface area contributed by atoms with E-state index in [-0.39, 0.29) is 0 Å². The minimum absolute atomic E-state index is 0.685. The Balaban J connectivity index is 2.17. The largest absolute Gasteiger partial charge is 0.354 e. The highest BCUT2D eigenvalue weighted by Gasteiger charge is 2.22. The topological polar surface area (TPSA) is 42.2 Å². The molecule has 19 heavy (non-hydrogen) atoms. The summed E-state index contributed by atoms with van der Waals surface area (Å²) < 4.78 is 0. The molecule has 2 rings (SSSR count). The van der Waals surface area contributed by atoms with Gasteiger partial charge in [-0.05, 0) is 50.8 Å². The third kappa shape index (κ3) is 3.47. The third-order valence-electron chi connectivity index (χ3n) is 4.17. The number of pyridine rings is 1. The van der Waals surface area contributed by atoms with Crippen LogP contribution >= 0.6 is 0 Å². The lowest BCUT2D eigenvalue weighted by molar-refractivity contribution is 0.416. The third-order valence-corrected chi connectivity index (χ3v) is 4.17. The Bertz CT molecular complexity index is 397.